The zero-order chi connectivity index (χ0) is 15.7. The number of nitrogens with zero attached hydrogens (tertiary/aromatic N) is 3. The Morgan fingerprint density at radius 2 is 2.14 bits per heavy atom. The van der Waals surface area contributed by atoms with Crippen LogP contribution in [0.15, 0.2) is 36.5 Å². The van der Waals surface area contributed by atoms with E-state index in [4.69, 9.17) is 5.73 Å². The van der Waals surface area contributed by atoms with Gasteiger partial charge >= 0.3 is 0 Å². The number of likely N-dealkylation sites (tertiary alicyclic amines) is 1. The van der Waals surface area contributed by atoms with E-state index in [0.29, 0.717) is 17.9 Å². The lowest BCUT2D eigenvalue weighted by atomic mass is 9.99. The van der Waals surface area contributed by atoms with Gasteiger partial charge in [0.25, 0.3) is 5.91 Å². The summed E-state index contributed by atoms with van der Waals surface area (Å²) in [4.78, 5) is 14.4. The average Bonchev–Trinajstić information content (AvgIpc) is 2.97. The summed E-state index contributed by atoms with van der Waals surface area (Å²) >= 11 is 0. The molecule has 2 atom stereocenters. The van der Waals surface area contributed by atoms with Gasteiger partial charge in [0, 0.05) is 24.8 Å². The van der Waals surface area contributed by atoms with Crippen molar-refractivity contribution in [2.45, 2.75) is 31.8 Å². The summed E-state index contributed by atoms with van der Waals surface area (Å²) in [5.74, 6) is -0.503. The molecule has 1 saturated heterocycles. The number of amides is 1. The van der Waals surface area contributed by atoms with E-state index in [2.05, 4.69) is 5.10 Å². The number of piperidine rings is 1. The van der Waals surface area contributed by atoms with Crippen LogP contribution in [0.5, 0.6) is 0 Å². The van der Waals surface area contributed by atoms with Crippen LogP contribution in [0.2, 0.25) is 0 Å². The molecular weight excluding hydrogens is 283 g/mol. The third-order valence-corrected chi connectivity index (χ3v) is 4.09. The van der Waals surface area contributed by atoms with Gasteiger partial charge in [-0.3, -0.25) is 4.79 Å². The second-order valence-corrected chi connectivity index (χ2v) is 5.73. The van der Waals surface area contributed by atoms with E-state index < -0.39 is 0 Å². The first-order valence-electron chi connectivity index (χ1n) is 7.43. The van der Waals surface area contributed by atoms with Gasteiger partial charge < -0.3 is 10.6 Å². The van der Waals surface area contributed by atoms with Crippen LogP contribution < -0.4 is 5.73 Å². The molecule has 0 spiro atoms. The van der Waals surface area contributed by atoms with Gasteiger partial charge in [-0.05, 0) is 38.0 Å². The van der Waals surface area contributed by atoms with Gasteiger partial charge in [-0.2, -0.15) is 5.10 Å². The summed E-state index contributed by atoms with van der Waals surface area (Å²) in [6.45, 7) is 2.62. The van der Waals surface area contributed by atoms with Gasteiger partial charge in [0.1, 0.15) is 11.5 Å². The molecule has 0 unspecified atom stereocenters. The summed E-state index contributed by atoms with van der Waals surface area (Å²) in [5, 5.41) is 4.22. The minimum Gasteiger partial charge on any atom is -0.334 e. The van der Waals surface area contributed by atoms with Crippen molar-refractivity contribution in [3.8, 4) is 5.69 Å². The van der Waals surface area contributed by atoms with E-state index in [9.17, 15) is 9.18 Å². The summed E-state index contributed by atoms with van der Waals surface area (Å²) < 4.78 is 15.2. The van der Waals surface area contributed by atoms with Crippen molar-refractivity contribution in [3.05, 3.63) is 48.0 Å². The highest BCUT2D eigenvalue weighted by atomic mass is 19.1. The molecule has 0 saturated carbocycles. The van der Waals surface area contributed by atoms with Crippen molar-refractivity contribution in [3.63, 3.8) is 0 Å². The van der Waals surface area contributed by atoms with Crippen molar-refractivity contribution in [1.29, 1.82) is 0 Å². The van der Waals surface area contributed by atoms with Crippen molar-refractivity contribution >= 4 is 5.91 Å². The standard InChI is InChI=1S/C16H19FN4O/c1-11-10-12(18)6-8-20(11)16(22)14-7-9-21(19-14)15-5-3-2-4-13(15)17/h2-5,7,9,11-12H,6,8,10,18H2,1H3/t11-,12-/m1/s1. The Bertz CT molecular complexity index is 684. The molecular formula is C16H19FN4O. The predicted molar refractivity (Wildman–Crippen MR) is 81.2 cm³/mol. The molecule has 2 N–H and O–H groups in total. The molecule has 1 aromatic carbocycles. The van der Waals surface area contributed by atoms with E-state index in [1.807, 2.05) is 6.92 Å². The van der Waals surface area contributed by atoms with Crippen LogP contribution in [-0.2, 0) is 0 Å². The van der Waals surface area contributed by atoms with Gasteiger partial charge in [-0.15, -0.1) is 0 Å². The summed E-state index contributed by atoms with van der Waals surface area (Å²) in [7, 11) is 0. The van der Waals surface area contributed by atoms with Crippen LogP contribution in [0.4, 0.5) is 4.39 Å². The van der Waals surface area contributed by atoms with Crippen molar-refractivity contribution in [1.82, 2.24) is 14.7 Å². The average molecular weight is 302 g/mol. The van der Waals surface area contributed by atoms with E-state index >= 15 is 0 Å². The van der Waals surface area contributed by atoms with Gasteiger partial charge in [0.05, 0.1) is 0 Å². The molecule has 1 aliphatic heterocycles. The minimum atomic E-state index is -0.373. The fourth-order valence-corrected chi connectivity index (χ4v) is 2.87. The fourth-order valence-electron chi connectivity index (χ4n) is 2.87. The van der Waals surface area contributed by atoms with Crippen LogP contribution in [-0.4, -0.2) is 39.2 Å². The molecule has 6 heteroatoms. The van der Waals surface area contributed by atoms with Crippen LogP contribution in [0.25, 0.3) is 5.69 Å². The minimum absolute atomic E-state index is 0.0925. The maximum atomic E-state index is 13.8. The third kappa shape index (κ3) is 2.74. The highest BCUT2D eigenvalue weighted by Crippen LogP contribution is 2.19. The molecule has 116 valence electrons. The second kappa shape index (κ2) is 5.88. The lowest BCUT2D eigenvalue weighted by Crippen LogP contribution is -2.48. The highest BCUT2D eigenvalue weighted by Gasteiger charge is 2.28. The van der Waals surface area contributed by atoms with Gasteiger partial charge in [-0.25, -0.2) is 9.07 Å². The molecule has 1 aromatic heterocycles. The molecule has 22 heavy (non-hydrogen) atoms. The first-order chi connectivity index (χ1) is 10.6. The Morgan fingerprint density at radius 1 is 1.36 bits per heavy atom. The zero-order valence-corrected chi connectivity index (χ0v) is 12.4. The number of hydrogen-bond acceptors (Lipinski definition) is 3. The van der Waals surface area contributed by atoms with Crippen LogP contribution in [0.3, 0.4) is 0 Å². The molecule has 1 amide bonds. The Hall–Kier alpha value is -2.21. The molecule has 1 fully saturated rings. The maximum Gasteiger partial charge on any atom is 0.274 e. The topological polar surface area (TPSA) is 64.2 Å². The molecule has 2 aromatic rings. The zero-order valence-electron chi connectivity index (χ0n) is 12.4. The van der Waals surface area contributed by atoms with E-state index in [0.717, 1.165) is 12.8 Å². The number of aromatic nitrogens is 2. The second-order valence-electron chi connectivity index (χ2n) is 5.73. The van der Waals surface area contributed by atoms with Crippen molar-refractivity contribution in [2.75, 3.05) is 6.54 Å². The molecule has 3 rings (SSSR count). The smallest absolute Gasteiger partial charge is 0.274 e. The number of benzene rings is 1. The number of rotatable bonds is 2. The highest BCUT2D eigenvalue weighted by molar-refractivity contribution is 5.92. The van der Waals surface area contributed by atoms with E-state index in [-0.39, 0.29) is 23.8 Å². The quantitative estimate of drug-likeness (QED) is 0.922. The SMILES string of the molecule is C[C@@H]1C[C@H](N)CCN1C(=O)c1ccn(-c2ccccc2F)n1. The van der Waals surface area contributed by atoms with E-state index in [1.165, 1.54) is 10.7 Å². The Morgan fingerprint density at radius 3 is 2.86 bits per heavy atom. The molecule has 1 aliphatic rings. The normalized spacial score (nSPS) is 21.9. The van der Waals surface area contributed by atoms with Gasteiger partial charge in [0.15, 0.2) is 5.69 Å². The Kier molecular flexibility index (Phi) is 3.94. The van der Waals surface area contributed by atoms with Gasteiger partial charge in [-0.1, -0.05) is 12.1 Å². The molecule has 5 nitrogen and oxygen atoms in total. The summed E-state index contributed by atoms with van der Waals surface area (Å²) in [6.07, 6.45) is 3.19. The Balaban J connectivity index is 1.82. The monoisotopic (exact) mass is 302 g/mol. The predicted octanol–water partition coefficient (Wildman–Crippen LogP) is 1.96. The lowest BCUT2D eigenvalue weighted by Gasteiger charge is -2.35. The number of halogens is 1. The number of nitrogens with two attached hydrogens (primary N) is 1. The number of hydrogen-bond donors (Lipinski definition) is 1. The Labute approximate surface area is 128 Å². The maximum absolute atomic E-state index is 13.8. The lowest BCUT2D eigenvalue weighted by molar-refractivity contribution is 0.0612. The number of carbonyl (C=O) groups is 1. The molecule has 0 radical (unpaired) electrons. The first kappa shape index (κ1) is 14.7. The number of para-hydroxylation sites is 1. The molecule has 2 heterocycles. The summed E-state index contributed by atoms with van der Waals surface area (Å²) in [6, 6.07) is 8.20. The van der Waals surface area contributed by atoms with Crippen molar-refractivity contribution < 1.29 is 9.18 Å². The van der Waals surface area contributed by atoms with Crippen molar-refractivity contribution in [2.24, 2.45) is 5.73 Å². The number of carbonyl (C=O) groups excluding carboxylic acids is 1. The largest absolute Gasteiger partial charge is 0.334 e. The van der Waals surface area contributed by atoms with Crippen LogP contribution in [0, 0.1) is 5.82 Å². The molecule has 0 aliphatic carbocycles. The van der Waals surface area contributed by atoms with E-state index in [1.54, 1.807) is 35.4 Å². The third-order valence-electron chi connectivity index (χ3n) is 4.09. The van der Waals surface area contributed by atoms with Crippen LogP contribution >= 0.6 is 0 Å². The van der Waals surface area contributed by atoms with Crippen LogP contribution in [0.1, 0.15) is 30.3 Å². The fraction of sp³-hybridized carbons (Fsp3) is 0.375. The van der Waals surface area contributed by atoms with Gasteiger partial charge in [0.2, 0.25) is 0 Å². The first-order valence-corrected chi connectivity index (χ1v) is 7.43. The summed E-state index contributed by atoms with van der Waals surface area (Å²) in [5.41, 5.74) is 6.58. The molecule has 0 bridgehead atoms.